The molecule has 1 heterocycles. The number of hydrogen-bond acceptors (Lipinski definition) is 4. The van der Waals surface area contributed by atoms with E-state index < -0.39 is 5.91 Å². The highest BCUT2D eigenvalue weighted by atomic mass is 16.2. The number of anilines is 1. The monoisotopic (exact) mass is 321 g/mol. The van der Waals surface area contributed by atoms with E-state index in [-0.39, 0.29) is 42.0 Å². The van der Waals surface area contributed by atoms with Crippen molar-refractivity contribution in [3.63, 3.8) is 0 Å². The van der Waals surface area contributed by atoms with E-state index in [1.54, 1.807) is 24.3 Å². The minimum Gasteiger partial charge on any atom is -0.324 e. The average Bonchev–Trinajstić information content (AvgIpc) is 3.25. The predicted octanol–water partition coefficient (Wildman–Crippen LogP) is 1.30. The summed E-state index contributed by atoms with van der Waals surface area (Å²) in [7, 11) is 0. The molecule has 6 nitrogen and oxygen atoms in total. The van der Waals surface area contributed by atoms with Gasteiger partial charge in [-0.25, -0.2) is 0 Å². The first-order valence-corrected chi connectivity index (χ1v) is 7.92. The Morgan fingerprint density at radius 3 is 2.50 bits per heavy atom. The maximum atomic E-state index is 12.5. The number of carbonyl (C=O) groups excluding carboxylic acids is 3. The molecule has 2 fully saturated rings. The molecule has 0 spiro atoms. The van der Waals surface area contributed by atoms with Crippen LogP contribution in [0.25, 0.3) is 0 Å². The van der Waals surface area contributed by atoms with Crippen LogP contribution < -0.4 is 5.32 Å². The third-order valence-electron chi connectivity index (χ3n) is 5.14. The third-order valence-corrected chi connectivity index (χ3v) is 5.14. The molecule has 2 bridgehead atoms. The molecular formula is C18H15N3O3. The van der Waals surface area contributed by atoms with Crippen molar-refractivity contribution in [1.82, 2.24) is 4.90 Å². The van der Waals surface area contributed by atoms with Gasteiger partial charge < -0.3 is 5.32 Å². The maximum Gasteiger partial charge on any atom is 0.244 e. The van der Waals surface area contributed by atoms with Crippen LogP contribution >= 0.6 is 0 Å². The number of allylic oxidation sites excluding steroid dienone is 2. The van der Waals surface area contributed by atoms with Gasteiger partial charge in [-0.05, 0) is 36.5 Å². The van der Waals surface area contributed by atoms with E-state index in [1.807, 2.05) is 18.2 Å². The summed E-state index contributed by atoms with van der Waals surface area (Å²) in [6, 6.07) is 8.49. The van der Waals surface area contributed by atoms with Gasteiger partial charge in [0, 0.05) is 5.69 Å². The molecule has 24 heavy (non-hydrogen) atoms. The Balaban J connectivity index is 1.46. The Bertz CT molecular complexity index is 793. The molecule has 4 atom stereocenters. The number of nitrogens with zero attached hydrogens (tertiary/aromatic N) is 2. The molecule has 120 valence electrons. The number of benzene rings is 1. The summed E-state index contributed by atoms with van der Waals surface area (Å²) in [4.78, 5) is 38.3. The summed E-state index contributed by atoms with van der Waals surface area (Å²) < 4.78 is 0. The van der Waals surface area contributed by atoms with Crippen LogP contribution in [0.3, 0.4) is 0 Å². The Morgan fingerprint density at radius 2 is 1.88 bits per heavy atom. The van der Waals surface area contributed by atoms with Crippen molar-refractivity contribution < 1.29 is 14.4 Å². The summed E-state index contributed by atoms with van der Waals surface area (Å²) in [5.74, 6) is -1.21. The van der Waals surface area contributed by atoms with E-state index in [0.717, 1.165) is 11.3 Å². The number of rotatable bonds is 3. The number of hydrogen-bond donors (Lipinski definition) is 1. The van der Waals surface area contributed by atoms with E-state index >= 15 is 0 Å². The van der Waals surface area contributed by atoms with Crippen molar-refractivity contribution in [1.29, 1.82) is 5.26 Å². The van der Waals surface area contributed by atoms with Crippen LogP contribution in [-0.2, 0) is 14.4 Å². The van der Waals surface area contributed by atoms with Crippen LogP contribution in [0.5, 0.6) is 0 Å². The second-order valence-corrected chi connectivity index (χ2v) is 6.50. The van der Waals surface area contributed by atoms with Crippen molar-refractivity contribution >= 4 is 23.4 Å². The van der Waals surface area contributed by atoms with Gasteiger partial charge in [-0.2, -0.15) is 5.26 Å². The minimum absolute atomic E-state index is 0.136. The van der Waals surface area contributed by atoms with Gasteiger partial charge in [-0.3, -0.25) is 19.3 Å². The molecular weight excluding hydrogens is 306 g/mol. The van der Waals surface area contributed by atoms with Crippen molar-refractivity contribution in [3.8, 4) is 6.07 Å². The Labute approximate surface area is 138 Å². The van der Waals surface area contributed by atoms with Crippen molar-refractivity contribution in [2.75, 3.05) is 11.9 Å². The molecule has 1 saturated heterocycles. The van der Waals surface area contributed by atoms with E-state index in [2.05, 4.69) is 5.32 Å². The SMILES string of the molecule is N#Cc1cccc(NC(=O)CN2C(=O)[C@@H]3[C@H](C2=O)[C@H]2C=C[C@H]3C2)c1. The fourth-order valence-corrected chi connectivity index (χ4v) is 4.13. The topological polar surface area (TPSA) is 90.3 Å². The number of nitriles is 1. The Kier molecular flexibility index (Phi) is 3.24. The molecule has 1 N–H and O–H groups in total. The molecule has 3 aliphatic rings. The highest BCUT2D eigenvalue weighted by molar-refractivity contribution is 6.09. The lowest BCUT2D eigenvalue weighted by Gasteiger charge is -2.16. The largest absolute Gasteiger partial charge is 0.324 e. The summed E-state index contributed by atoms with van der Waals surface area (Å²) in [5, 5.41) is 11.5. The number of amides is 3. The fraction of sp³-hybridized carbons (Fsp3) is 0.333. The zero-order chi connectivity index (χ0) is 16.8. The van der Waals surface area contributed by atoms with Gasteiger partial charge in [-0.15, -0.1) is 0 Å². The van der Waals surface area contributed by atoms with Gasteiger partial charge in [0.2, 0.25) is 17.7 Å². The molecule has 1 aromatic rings. The molecule has 1 aliphatic heterocycles. The predicted molar refractivity (Wildman–Crippen MR) is 84.2 cm³/mol. The molecule has 3 amide bonds. The zero-order valence-electron chi connectivity index (χ0n) is 12.8. The lowest BCUT2D eigenvalue weighted by molar-refractivity contribution is -0.143. The molecule has 2 aliphatic carbocycles. The van der Waals surface area contributed by atoms with E-state index in [1.165, 1.54) is 0 Å². The first-order valence-electron chi connectivity index (χ1n) is 7.92. The number of nitrogens with one attached hydrogen (secondary N) is 1. The average molecular weight is 321 g/mol. The van der Waals surface area contributed by atoms with Crippen molar-refractivity contribution in [2.24, 2.45) is 23.7 Å². The van der Waals surface area contributed by atoms with E-state index in [4.69, 9.17) is 5.26 Å². The lowest BCUT2D eigenvalue weighted by Crippen LogP contribution is -2.39. The van der Waals surface area contributed by atoms with Crippen molar-refractivity contribution in [3.05, 3.63) is 42.0 Å². The number of fused-ring (bicyclic) bond motifs is 5. The van der Waals surface area contributed by atoms with Gasteiger partial charge in [0.05, 0.1) is 23.5 Å². The smallest absolute Gasteiger partial charge is 0.244 e. The summed E-state index contributed by atoms with van der Waals surface area (Å²) >= 11 is 0. The van der Waals surface area contributed by atoms with Crippen LogP contribution in [0.2, 0.25) is 0 Å². The van der Waals surface area contributed by atoms with Gasteiger partial charge >= 0.3 is 0 Å². The first-order chi connectivity index (χ1) is 11.6. The second-order valence-electron chi connectivity index (χ2n) is 6.50. The molecule has 6 heteroatoms. The summed E-state index contributed by atoms with van der Waals surface area (Å²) in [5.41, 5.74) is 0.901. The Morgan fingerprint density at radius 1 is 1.21 bits per heavy atom. The molecule has 0 aromatic heterocycles. The maximum absolute atomic E-state index is 12.5. The third kappa shape index (κ3) is 2.13. The van der Waals surface area contributed by atoms with Gasteiger partial charge in [0.1, 0.15) is 6.54 Å². The fourth-order valence-electron chi connectivity index (χ4n) is 4.13. The highest BCUT2D eigenvalue weighted by Gasteiger charge is 2.59. The van der Waals surface area contributed by atoms with Crippen molar-refractivity contribution in [2.45, 2.75) is 6.42 Å². The van der Waals surface area contributed by atoms with Gasteiger partial charge in [-0.1, -0.05) is 18.2 Å². The molecule has 0 radical (unpaired) electrons. The normalized spacial score (nSPS) is 29.7. The minimum atomic E-state index is -0.438. The lowest BCUT2D eigenvalue weighted by atomic mass is 9.85. The first kappa shape index (κ1) is 14.6. The van der Waals surface area contributed by atoms with Crippen LogP contribution in [-0.4, -0.2) is 29.2 Å². The van der Waals surface area contributed by atoms with Crippen LogP contribution in [0, 0.1) is 35.0 Å². The number of likely N-dealkylation sites (tertiary alicyclic amines) is 1. The summed E-state index contributed by atoms with van der Waals surface area (Å²) in [6.45, 7) is -0.277. The van der Waals surface area contributed by atoms with E-state index in [9.17, 15) is 14.4 Å². The molecule has 4 rings (SSSR count). The molecule has 1 aromatic carbocycles. The Hall–Kier alpha value is -2.94. The molecule has 0 unspecified atom stereocenters. The summed E-state index contributed by atoms with van der Waals surface area (Å²) in [6.07, 6.45) is 4.91. The van der Waals surface area contributed by atoms with Crippen LogP contribution in [0.1, 0.15) is 12.0 Å². The standard InChI is InChI=1S/C18H15N3O3/c19-8-10-2-1-3-13(6-10)20-14(22)9-21-17(23)15-11-4-5-12(7-11)16(15)18(21)24/h1-6,11-12,15-16H,7,9H2,(H,20,22)/t11-,12-,15-,16+/m0/s1. The molecule has 1 saturated carbocycles. The van der Waals surface area contributed by atoms with Crippen LogP contribution in [0.4, 0.5) is 5.69 Å². The van der Waals surface area contributed by atoms with Crippen LogP contribution in [0.15, 0.2) is 36.4 Å². The van der Waals surface area contributed by atoms with Gasteiger partial charge in [0.25, 0.3) is 0 Å². The quantitative estimate of drug-likeness (QED) is 0.671. The van der Waals surface area contributed by atoms with Gasteiger partial charge in [0.15, 0.2) is 0 Å². The van der Waals surface area contributed by atoms with E-state index in [0.29, 0.717) is 11.3 Å². The number of imide groups is 1. The second kappa shape index (κ2) is 5.31. The zero-order valence-corrected chi connectivity index (χ0v) is 12.8. The number of carbonyl (C=O) groups is 3. The highest BCUT2D eigenvalue weighted by Crippen LogP contribution is 2.52.